The minimum absolute atomic E-state index is 0.160. The van der Waals surface area contributed by atoms with Gasteiger partial charge < -0.3 is 19.7 Å². The van der Waals surface area contributed by atoms with Gasteiger partial charge in [-0.3, -0.25) is 9.78 Å². The van der Waals surface area contributed by atoms with Gasteiger partial charge in [-0.2, -0.15) is 0 Å². The largest absolute Gasteiger partial charge is 0.497 e. The Kier molecular flexibility index (Phi) is 7.87. The maximum atomic E-state index is 13.3. The number of methoxy groups -OCH3 is 2. The molecule has 29 heavy (non-hydrogen) atoms. The lowest BCUT2D eigenvalue weighted by atomic mass is 10.0. The molecule has 1 atom stereocenters. The van der Waals surface area contributed by atoms with Crippen molar-refractivity contribution in [2.45, 2.75) is 44.7 Å². The Morgan fingerprint density at radius 3 is 2.83 bits per heavy atom. The average Bonchev–Trinajstić information content (AvgIpc) is 3.05. The van der Waals surface area contributed by atoms with Crippen LogP contribution in [0.4, 0.5) is 0 Å². The lowest BCUT2D eigenvalue weighted by Crippen LogP contribution is -2.40. The summed E-state index contributed by atoms with van der Waals surface area (Å²) in [6.45, 7) is 2.52. The van der Waals surface area contributed by atoms with Crippen molar-refractivity contribution in [1.82, 2.24) is 15.2 Å². The maximum Gasteiger partial charge on any atom is 0.223 e. The quantitative estimate of drug-likeness (QED) is 0.741. The number of hydrogen-bond acceptors (Lipinski definition) is 5. The molecule has 1 fully saturated rings. The Bertz CT molecular complexity index is 774. The number of rotatable bonds is 8. The third kappa shape index (κ3) is 5.94. The second-order valence-corrected chi connectivity index (χ2v) is 7.36. The number of aromatic nitrogens is 1. The highest BCUT2D eigenvalue weighted by atomic mass is 16.5. The summed E-state index contributed by atoms with van der Waals surface area (Å²) in [5.74, 6) is 1.72. The number of benzene rings is 1. The van der Waals surface area contributed by atoms with Crippen molar-refractivity contribution in [3.63, 3.8) is 0 Å². The van der Waals surface area contributed by atoms with Crippen LogP contribution in [-0.4, -0.2) is 49.1 Å². The van der Waals surface area contributed by atoms with Crippen molar-refractivity contribution in [3.8, 4) is 11.5 Å². The van der Waals surface area contributed by atoms with Gasteiger partial charge in [-0.1, -0.05) is 6.07 Å². The molecule has 1 unspecified atom stereocenters. The van der Waals surface area contributed by atoms with Gasteiger partial charge in [0.25, 0.3) is 0 Å². The minimum atomic E-state index is 0.160. The van der Waals surface area contributed by atoms with Crippen molar-refractivity contribution >= 4 is 5.91 Å². The Morgan fingerprint density at radius 1 is 1.17 bits per heavy atom. The summed E-state index contributed by atoms with van der Waals surface area (Å²) in [7, 11) is 3.30. The van der Waals surface area contributed by atoms with Crippen LogP contribution in [0.3, 0.4) is 0 Å². The number of nitrogens with one attached hydrogen (secondary N) is 1. The summed E-state index contributed by atoms with van der Waals surface area (Å²) >= 11 is 0. The van der Waals surface area contributed by atoms with Crippen LogP contribution in [0, 0.1) is 0 Å². The van der Waals surface area contributed by atoms with E-state index in [9.17, 15) is 4.79 Å². The molecular formula is C23H31N3O3. The number of hydrogen-bond donors (Lipinski definition) is 1. The summed E-state index contributed by atoms with van der Waals surface area (Å²) in [5, 5.41) is 3.44. The predicted octanol–water partition coefficient (Wildman–Crippen LogP) is 3.20. The van der Waals surface area contributed by atoms with E-state index in [0.717, 1.165) is 55.1 Å². The molecule has 1 aliphatic rings. The molecule has 1 aliphatic heterocycles. The molecule has 1 N–H and O–H groups in total. The van der Waals surface area contributed by atoms with Gasteiger partial charge in [0.05, 0.1) is 26.5 Å². The Balaban J connectivity index is 1.73. The number of amides is 1. The van der Waals surface area contributed by atoms with Crippen LogP contribution < -0.4 is 14.8 Å². The standard InChI is InChI=1S/C23H31N3O3/c1-28-21-9-10-22(29-2)18(16-21)8-11-23(27)26(17-19-6-3-4-14-25-19)20-7-5-13-24-15-12-20/h3-4,6,9-10,14,16,20,24H,5,7-8,11-13,15,17H2,1-2H3. The molecule has 0 saturated carbocycles. The molecule has 0 aliphatic carbocycles. The SMILES string of the molecule is COc1ccc(OC)c(CCC(=O)N(Cc2ccccn2)C2CCCNCC2)c1. The van der Waals surface area contributed by atoms with Crippen LogP contribution in [0.25, 0.3) is 0 Å². The molecule has 2 aromatic rings. The van der Waals surface area contributed by atoms with Gasteiger partial charge in [0.15, 0.2) is 0 Å². The van der Waals surface area contributed by atoms with Gasteiger partial charge in [-0.25, -0.2) is 0 Å². The number of pyridine rings is 1. The number of carbonyl (C=O) groups excluding carboxylic acids is 1. The fraction of sp³-hybridized carbons (Fsp3) is 0.478. The molecule has 6 heteroatoms. The molecule has 0 bridgehead atoms. The Morgan fingerprint density at radius 2 is 2.07 bits per heavy atom. The first-order valence-corrected chi connectivity index (χ1v) is 10.3. The van der Waals surface area contributed by atoms with E-state index in [1.807, 2.05) is 41.3 Å². The molecule has 0 radical (unpaired) electrons. The summed E-state index contributed by atoms with van der Waals surface area (Å²) in [4.78, 5) is 19.8. The van der Waals surface area contributed by atoms with Crippen LogP contribution in [0.5, 0.6) is 11.5 Å². The van der Waals surface area contributed by atoms with E-state index in [4.69, 9.17) is 9.47 Å². The molecule has 1 amide bonds. The van der Waals surface area contributed by atoms with Gasteiger partial charge in [0.2, 0.25) is 5.91 Å². The number of carbonyl (C=O) groups is 1. The van der Waals surface area contributed by atoms with Gasteiger partial charge in [-0.05, 0) is 74.7 Å². The van der Waals surface area contributed by atoms with Crippen LogP contribution in [0.2, 0.25) is 0 Å². The molecule has 3 rings (SSSR count). The first-order chi connectivity index (χ1) is 14.2. The lowest BCUT2D eigenvalue weighted by Gasteiger charge is -2.31. The van der Waals surface area contributed by atoms with Crippen LogP contribution in [-0.2, 0) is 17.8 Å². The smallest absolute Gasteiger partial charge is 0.223 e. The van der Waals surface area contributed by atoms with Crippen molar-refractivity contribution in [3.05, 3.63) is 53.9 Å². The zero-order valence-corrected chi connectivity index (χ0v) is 17.4. The van der Waals surface area contributed by atoms with Gasteiger partial charge >= 0.3 is 0 Å². The number of aryl methyl sites for hydroxylation is 1. The molecule has 1 saturated heterocycles. The monoisotopic (exact) mass is 397 g/mol. The Labute approximate surface area is 173 Å². The zero-order chi connectivity index (χ0) is 20.5. The maximum absolute atomic E-state index is 13.3. The first-order valence-electron chi connectivity index (χ1n) is 10.3. The molecule has 1 aromatic carbocycles. The third-order valence-electron chi connectivity index (χ3n) is 5.46. The van der Waals surface area contributed by atoms with E-state index in [1.165, 1.54) is 0 Å². The van der Waals surface area contributed by atoms with E-state index in [-0.39, 0.29) is 11.9 Å². The fourth-order valence-electron chi connectivity index (χ4n) is 3.86. The van der Waals surface area contributed by atoms with Crippen molar-refractivity contribution in [2.24, 2.45) is 0 Å². The lowest BCUT2D eigenvalue weighted by molar-refractivity contribution is -0.134. The van der Waals surface area contributed by atoms with E-state index in [2.05, 4.69) is 10.3 Å². The van der Waals surface area contributed by atoms with E-state index in [0.29, 0.717) is 19.4 Å². The average molecular weight is 398 g/mol. The second kappa shape index (κ2) is 10.8. The van der Waals surface area contributed by atoms with E-state index < -0.39 is 0 Å². The molecule has 6 nitrogen and oxygen atoms in total. The summed E-state index contributed by atoms with van der Waals surface area (Å²) in [5.41, 5.74) is 1.91. The predicted molar refractivity (Wildman–Crippen MR) is 113 cm³/mol. The minimum Gasteiger partial charge on any atom is -0.497 e. The number of ether oxygens (including phenoxy) is 2. The van der Waals surface area contributed by atoms with E-state index >= 15 is 0 Å². The third-order valence-corrected chi connectivity index (χ3v) is 5.46. The Hall–Kier alpha value is -2.60. The van der Waals surface area contributed by atoms with Gasteiger partial charge in [-0.15, -0.1) is 0 Å². The molecule has 0 spiro atoms. The number of nitrogens with zero attached hydrogens (tertiary/aromatic N) is 2. The highest BCUT2D eigenvalue weighted by Gasteiger charge is 2.25. The summed E-state index contributed by atoms with van der Waals surface area (Å²) < 4.78 is 10.8. The van der Waals surface area contributed by atoms with Crippen LogP contribution in [0.15, 0.2) is 42.6 Å². The van der Waals surface area contributed by atoms with E-state index in [1.54, 1.807) is 20.4 Å². The van der Waals surface area contributed by atoms with Crippen molar-refractivity contribution in [2.75, 3.05) is 27.3 Å². The molecule has 156 valence electrons. The molecule has 2 heterocycles. The topological polar surface area (TPSA) is 63.7 Å². The van der Waals surface area contributed by atoms with Crippen LogP contribution >= 0.6 is 0 Å². The van der Waals surface area contributed by atoms with Crippen LogP contribution in [0.1, 0.15) is 36.9 Å². The summed E-state index contributed by atoms with van der Waals surface area (Å²) in [6, 6.07) is 11.8. The van der Waals surface area contributed by atoms with Gasteiger partial charge in [0, 0.05) is 18.7 Å². The van der Waals surface area contributed by atoms with Crippen molar-refractivity contribution < 1.29 is 14.3 Å². The van der Waals surface area contributed by atoms with Gasteiger partial charge in [0.1, 0.15) is 11.5 Å². The highest BCUT2D eigenvalue weighted by molar-refractivity contribution is 5.77. The van der Waals surface area contributed by atoms with Crippen molar-refractivity contribution in [1.29, 1.82) is 0 Å². The highest BCUT2D eigenvalue weighted by Crippen LogP contribution is 2.26. The first kappa shape index (κ1) is 21.1. The normalized spacial score (nSPS) is 16.7. The second-order valence-electron chi connectivity index (χ2n) is 7.36. The molecule has 1 aromatic heterocycles. The summed E-state index contributed by atoms with van der Waals surface area (Å²) in [6.07, 6.45) is 5.91. The zero-order valence-electron chi connectivity index (χ0n) is 17.4. The fourth-order valence-corrected chi connectivity index (χ4v) is 3.86. The molecular weight excluding hydrogens is 366 g/mol.